The molecule has 27 heavy (non-hydrogen) atoms. The van der Waals surface area contributed by atoms with Gasteiger partial charge in [-0.3, -0.25) is 9.59 Å². The minimum absolute atomic E-state index is 0.0375. The summed E-state index contributed by atoms with van der Waals surface area (Å²) in [7, 11) is 1.79. The third-order valence-corrected chi connectivity index (χ3v) is 4.55. The number of hydrogen-bond acceptors (Lipinski definition) is 4. The fraction of sp³-hybridized carbons (Fsp3) is 0.273. The van der Waals surface area contributed by atoms with Crippen LogP contribution in [0.3, 0.4) is 0 Å². The Balaban J connectivity index is 2.05. The molecular weight excluding hydrogens is 342 g/mol. The van der Waals surface area contributed by atoms with E-state index in [-0.39, 0.29) is 11.9 Å². The Kier molecular flexibility index (Phi) is 5.60. The molecule has 0 unspecified atom stereocenters. The van der Waals surface area contributed by atoms with Crippen molar-refractivity contribution in [3.05, 3.63) is 65.2 Å². The lowest BCUT2D eigenvalue weighted by atomic mass is 9.93. The van der Waals surface area contributed by atoms with Crippen LogP contribution in [-0.4, -0.2) is 30.4 Å². The highest BCUT2D eigenvalue weighted by atomic mass is 16.6. The van der Waals surface area contributed by atoms with Crippen molar-refractivity contribution < 1.29 is 19.1 Å². The minimum atomic E-state index is -0.387. The van der Waals surface area contributed by atoms with Crippen molar-refractivity contribution in [1.82, 2.24) is 4.90 Å². The molecule has 2 aromatic carbocycles. The van der Waals surface area contributed by atoms with Crippen LogP contribution in [0.4, 0.5) is 0 Å². The van der Waals surface area contributed by atoms with Gasteiger partial charge in [0.05, 0.1) is 0 Å². The van der Waals surface area contributed by atoms with Crippen molar-refractivity contribution in [1.29, 1.82) is 0 Å². The van der Waals surface area contributed by atoms with Crippen molar-refractivity contribution in [2.75, 3.05) is 13.6 Å². The molecule has 0 fully saturated rings. The topological polar surface area (TPSA) is 55.8 Å². The molecule has 2 aromatic rings. The first-order chi connectivity index (χ1) is 13.0. The molecule has 0 radical (unpaired) electrons. The second-order valence-corrected chi connectivity index (χ2v) is 6.52. The second-order valence-electron chi connectivity index (χ2n) is 6.52. The van der Waals surface area contributed by atoms with E-state index in [4.69, 9.17) is 9.47 Å². The Hall–Kier alpha value is -3.08. The first-order valence-electron chi connectivity index (χ1n) is 8.92. The lowest BCUT2D eigenvalue weighted by Gasteiger charge is -2.15. The van der Waals surface area contributed by atoms with E-state index in [1.807, 2.05) is 30.3 Å². The monoisotopic (exact) mass is 365 g/mol. The maximum Gasteiger partial charge on any atom is 0.308 e. The quantitative estimate of drug-likeness (QED) is 0.611. The summed E-state index contributed by atoms with van der Waals surface area (Å²) in [6.45, 7) is 3.95. The van der Waals surface area contributed by atoms with E-state index in [2.05, 4.69) is 12.1 Å². The fourth-order valence-electron chi connectivity index (χ4n) is 3.10. The van der Waals surface area contributed by atoms with Crippen LogP contribution in [0.5, 0.6) is 11.5 Å². The standard InChI is InChI=1S/C22H23NO4/c1-15(24)23(3)13-7-11-19-18-9-5-4-8-17(18)14-26-22-20(19)10-6-12-21(22)27-16(2)25/h4-6,8-12H,7,13-14H2,1-3H3/b19-11-. The van der Waals surface area contributed by atoms with Gasteiger partial charge in [-0.25, -0.2) is 0 Å². The van der Waals surface area contributed by atoms with Crippen molar-refractivity contribution in [2.45, 2.75) is 26.9 Å². The summed E-state index contributed by atoms with van der Waals surface area (Å²) in [5.74, 6) is 0.632. The molecule has 5 nitrogen and oxygen atoms in total. The summed E-state index contributed by atoms with van der Waals surface area (Å²) in [6, 6.07) is 13.6. The summed E-state index contributed by atoms with van der Waals surface area (Å²) in [6.07, 6.45) is 2.82. The van der Waals surface area contributed by atoms with Gasteiger partial charge in [-0.15, -0.1) is 0 Å². The highest BCUT2D eigenvalue weighted by Gasteiger charge is 2.22. The van der Waals surface area contributed by atoms with E-state index in [1.165, 1.54) is 6.92 Å². The number of esters is 1. The molecule has 140 valence electrons. The van der Waals surface area contributed by atoms with Crippen LogP contribution in [0.2, 0.25) is 0 Å². The van der Waals surface area contributed by atoms with E-state index < -0.39 is 0 Å². The van der Waals surface area contributed by atoms with E-state index in [1.54, 1.807) is 24.9 Å². The molecule has 1 heterocycles. The van der Waals surface area contributed by atoms with Crippen molar-refractivity contribution in [2.24, 2.45) is 0 Å². The predicted molar refractivity (Wildman–Crippen MR) is 104 cm³/mol. The number of amides is 1. The van der Waals surface area contributed by atoms with Crippen molar-refractivity contribution >= 4 is 17.4 Å². The zero-order valence-electron chi connectivity index (χ0n) is 15.8. The number of ether oxygens (including phenoxy) is 2. The van der Waals surface area contributed by atoms with Crippen LogP contribution in [-0.2, 0) is 16.2 Å². The molecule has 0 atom stereocenters. The number of fused-ring (bicyclic) bond motifs is 2. The van der Waals surface area contributed by atoms with Crippen LogP contribution >= 0.6 is 0 Å². The lowest BCUT2D eigenvalue weighted by Crippen LogP contribution is -2.24. The normalized spacial score (nSPS) is 13.8. The van der Waals surface area contributed by atoms with E-state index >= 15 is 0 Å². The van der Waals surface area contributed by atoms with E-state index in [0.717, 1.165) is 22.3 Å². The van der Waals surface area contributed by atoms with Crippen LogP contribution in [0.25, 0.3) is 5.57 Å². The molecular formula is C22H23NO4. The first kappa shape index (κ1) is 18.7. The smallest absolute Gasteiger partial charge is 0.308 e. The average molecular weight is 365 g/mol. The van der Waals surface area contributed by atoms with E-state index in [9.17, 15) is 9.59 Å². The van der Waals surface area contributed by atoms with Crippen molar-refractivity contribution in [3.8, 4) is 11.5 Å². The van der Waals surface area contributed by atoms with Gasteiger partial charge in [0.1, 0.15) is 6.61 Å². The van der Waals surface area contributed by atoms with Gasteiger partial charge in [0.2, 0.25) is 5.91 Å². The van der Waals surface area contributed by atoms with Gasteiger partial charge >= 0.3 is 5.97 Å². The minimum Gasteiger partial charge on any atom is -0.484 e. The molecule has 0 N–H and O–H groups in total. The number of benzene rings is 2. The number of hydrogen-bond donors (Lipinski definition) is 0. The fourth-order valence-corrected chi connectivity index (χ4v) is 3.10. The van der Waals surface area contributed by atoms with Crippen LogP contribution < -0.4 is 9.47 Å². The Morgan fingerprint density at radius 3 is 2.59 bits per heavy atom. The highest BCUT2D eigenvalue weighted by molar-refractivity contribution is 5.86. The molecule has 1 amide bonds. The summed E-state index contributed by atoms with van der Waals surface area (Å²) in [5, 5.41) is 0. The number of carbonyl (C=O) groups is 2. The highest BCUT2D eigenvalue weighted by Crippen LogP contribution is 2.42. The predicted octanol–water partition coefficient (Wildman–Crippen LogP) is 3.80. The number of rotatable bonds is 4. The molecule has 0 spiro atoms. The van der Waals surface area contributed by atoms with Gasteiger partial charge in [-0.1, -0.05) is 42.5 Å². The van der Waals surface area contributed by atoms with Gasteiger partial charge in [0, 0.05) is 33.0 Å². The summed E-state index contributed by atoms with van der Waals surface area (Å²) < 4.78 is 11.4. The maximum absolute atomic E-state index is 11.5. The van der Waals surface area contributed by atoms with Gasteiger partial charge in [0.25, 0.3) is 0 Å². The maximum atomic E-state index is 11.5. The number of carbonyl (C=O) groups excluding carboxylic acids is 2. The molecule has 0 saturated carbocycles. The van der Waals surface area contributed by atoms with Crippen molar-refractivity contribution in [3.63, 3.8) is 0 Å². The Morgan fingerprint density at radius 2 is 1.85 bits per heavy atom. The zero-order valence-corrected chi connectivity index (χ0v) is 15.8. The van der Waals surface area contributed by atoms with E-state index in [0.29, 0.717) is 31.1 Å². The Labute approximate surface area is 159 Å². The summed E-state index contributed by atoms with van der Waals surface area (Å²) in [5.41, 5.74) is 4.04. The molecule has 5 heteroatoms. The molecule has 1 aliphatic rings. The second kappa shape index (κ2) is 8.08. The Bertz CT molecular complexity index is 901. The molecule has 0 aromatic heterocycles. The van der Waals surface area contributed by atoms with Gasteiger partial charge in [-0.2, -0.15) is 0 Å². The number of nitrogens with zero attached hydrogens (tertiary/aromatic N) is 1. The largest absolute Gasteiger partial charge is 0.484 e. The first-order valence-corrected chi connectivity index (χ1v) is 8.92. The molecule has 0 saturated heterocycles. The SMILES string of the molecule is CC(=O)Oc1cccc2c1OCc1ccccc1/C2=C/CCN(C)C(C)=O. The molecule has 1 aliphatic heterocycles. The zero-order chi connectivity index (χ0) is 19.4. The summed E-state index contributed by atoms with van der Waals surface area (Å²) in [4.78, 5) is 24.6. The van der Waals surface area contributed by atoms with Crippen LogP contribution in [0.1, 0.15) is 37.0 Å². The molecule has 3 rings (SSSR count). The van der Waals surface area contributed by atoms with Crippen LogP contribution in [0.15, 0.2) is 48.5 Å². The van der Waals surface area contributed by atoms with Crippen LogP contribution in [0, 0.1) is 0 Å². The average Bonchev–Trinajstić information content (AvgIpc) is 2.79. The lowest BCUT2D eigenvalue weighted by molar-refractivity contribution is -0.132. The third kappa shape index (κ3) is 4.19. The van der Waals surface area contributed by atoms with Gasteiger partial charge in [0.15, 0.2) is 11.5 Å². The molecule has 0 bridgehead atoms. The van der Waals surface area contributed by atoms with Gasteiger partial charge < -0.3 is 14.4 Å². The number of para-hydroxylation sites is 1. The third-order valence-electron chi connectivity index (χ3n) is 4.55. The summed E-state index contributed by atoms with van der Waals surface area (Å²) >= 11 is 0. The Morgan fingerprint density at radius 1 is 1.11 bits per heavy atom. The molecule has 0 aliphatic carbocycles. The van der Waals surface area contributed by atoms with Gasteiger partial charge in [-0.05, 0) is 29.2 Å².